The van der Waals surface area contributed by atoms with Crippen molar-refractivity contribution in [3.05, 3.63) is 0 Å². The maximum absolute atomic E-state index is 11.5. The van der Waals surface area contributed by atoms with Crippen LogP contribution in [0.5, 0.6) is 0 Å². The van der Waals surface area contributed by atoms with Crippen molar-refractivity contribution in [3.8, 4) is 0 Å². The zero-order valence-corrected chi connectivity index (χ0v) is 10.9. The van der Waals surface area contributed by atoms with Gasteiger partial charge in [0.15, 0.2) is 9.84 Å². The van der Waals surface area contributed by atoms with Crippen molar-refractivity contribution in [1.82, 2.24) is 10.6 Å². The molecular weight excluding hydrogens is 244 g/mol. The summed E-state index contributed by atoms with van der Waals surface area (Å²) in [5.74, 6) is 0.105. The van der Waals surface area contributed by atoms with Gasteiger partial charge in [-0.25, -0.2) is 8.42 Å². The summed E-state index contributed by atoms with van der Waals surface area (Å²) >= 11 is 0. The lowest BCUT2D eigenvalue weighted by Crippen LogP contribution is -2.47. The number of methoxy groups -OCH3 is 1. The van der Waals surface area contributed by atoms with Crippen LogP contribution in [0, 0.1) is 0 Å². The number of carbonyl (C=O) groups excluding carboxylic acids is 1. The molecule has 0 spiro atoms. The summed E-state index contributed by atoms with van der Waals surface area (Å²) in [6, 6.07) is -0.254. The minimum absolute atomic E-state index is 0.0541. The monoisotopic (exact) mass is 264 g/mol. The Morgan fingerprint density at radius 3 is 2.94 bits per heavy atom. The summed E-state index contributed by atoms with van der Waals surface area (Å²) in [6.07, 6.45) is 0.977. The van der Waals surface area contributed by atoms with Crippen LogP contribution in [0.1, 0.15) is 12.8 Å². The zero-order valence-electron chi connectivity index (χ0n) is 10.1. The molecule has 0 aromatic heterocycles. The third-order valence-electron chi connectivity index (χ3n) is 2.58. The first kappa shape index (κ1) is 14.4. The van der Waals surface area contributed by atoms with Crippen LogP contribution in [0.15, 0.2) is 0 Å². The summed E-state index contributed by atoms with van der Waals surface area (Å²) in [7, 11) is -1.36. The number of sulfone groups is 1. The van der Waals surface area contributed by atoms with Crippen molar-refractivity contribution < 1.29 is 17.9 Å². The maximum atomic E-state index is 11.5. The predicted octanol–water partition coefficient (Wildman–Crippen LogP) is -1.08. The summed E-state index contributed by atoms with van der Waals surface area (Å²) in [5.41, 5.74) is 0. The van der Waals surface area contributed by atoms with Gasteiger partial charge in [0.1, 0.15) is 0 Å². The normalized spacial score (nSPS) is 23.2. The number of hydrogen-bond acceptors (Lipinski definition) is 5. The molecule has 6 nitrogen and oxygen atoms in total. The number of ether oxygens (including phenoxy) is 1. The number of hydrogen-bond donors (Lipinski definition) is 2. The number of rotatable bonds is 6. The number of carbonyl (C=O) groups is 1. The summed E-state index contributed by atoms with van der Waals surface area (Å²) in [5, 5.41) is 5.78. The molecule has 1 unspecified atom stereocenters. The topological polar surface area (TPSA) is 84.5 Å². The van der Waals surface area contributed by atoms with Gasteiger partial charge in [0.2, 0.25) is 5.91 Å². The molecule has 17 heavy (non-hydrogen) atoms. The first-order valence-corrected chi connectivity index (χ1v) is 7.55. The van der Waals surface area contributed by atoms with Crippen molar-refractivity contribution in [3.63, 3.8) is 0 Å². The van der Waals surface area contributed by atoms with Gasteiger partial charge in [-0.15, -0.1) is 0 Å². The Labute approximate surface area is 102 Å². The van der Waals surface area contributed by atoms with Gasteiger partial charge in [0, 0.05) is 39.3 Å². The van der Waals surface area contributed by atoms with Gasteiger partial charge in [-0.1, -0.05) is 0 Å². The van der Waals surface area contributed by atoms with Crippen LogP contribution in [-0.2, 0) is 19.4 Å². The van der Waals surface area contributed by atoms with Crippen molar-refractivity contribution in [2.24, 2.45) is 0 Å². The van der Waals surface area contributed by atoms with E-state index >= 15 is 0 Å². The van der Waals surface area contributed by atoms with E-state index in [9.17, 15) is 13.2 Å². The highest BCUT2D eigenvalue weighted by Gasteiger charge is 2.25. The zero-order chi connectivity index (χ0) is 12.7. The van der Waals surface area contributed by atoms with Crippen molar-refractivity contribution in [2.75, 3.05) is 38.3 Å². The lowest BCUT2D eigenvalue weighted by atomic mass is 10.2. The van der Waals surface area contributed by atoms with Crippen LogP contribution in [0.4, 0.5) is 0 Å². The Kier molecular flexibility index (Phi) is 5.87. The van der Waals surface area contributed by atoms with E-state index in [0.29, 0.717) is 19.7 Å². The van der Waals surface area contributed by atoms with E-state index in [-0.39, 0.29) is 29.9 Å². The molecule has 7 heteroatoms. The van der Waals surface area contributed by atoms with Gasteiger partial charge in [0.05, 0.1) is 11.5 Å². The highest BCUT2D eigenvalue weighted by atomic mass is 32.2. The quantitative estimate of drug-likeness (QED) is 0.596. The minimum Gasteiger partial charge on any atom is -0.385 e. The maximum Gasteiger partial charge on any atom is 0.221 e. The molecule has 1 atom stereocenters. The molecule has 1 saturated heterocycles. The molecule has 100 valence electrons. The third-order valence-corrected chi connectivity index (χ3v) is 4.32. The van der Waals surface area contributed by atoms with E-state index < -0.39 is 9.84 Å². The van der Waals surface area contributed by atoms with Gasteiger partial charge in [-0.05, 0) is 6.42 Å². The molecule has 0 bridgehead atoms. The van der Waals surface area contributed by atoms with Gasteiger partial charge in [-0.2, -0.15) is 0 Å². The van der Waals surface area contributed by atoms with E-state index in [2.05, 4.69) is 10.6 Å². The Hall–Kier alpha value is -0.660. The van der Waals surface area contributed by atoms with E-state index in [0.717, 1.165) is 6.42 Å². The predicted molar refractivity (Wildman–Crippen MR) is 64.6 cm³/mol. The fourth-order valence-electron chi connectivity index (χ4n) is 1.74. The molecule has 1 fully saturated rings. The summed E-state index contributed by atoms with van der Waals surface area (Å²) in [4.78, 5) is 11.5. The lowest BCUT2D eigenvalue weighted by Gasteiger charge is -2.23. The molecular formula is C10H20N2O4S. The van der Waals surface area contributed by atoms with E-state index in [1.54, 1.807) is 7.11 Å². The first-order valence-electron chi connectivity index (χ1n) is 5.73. The third kappa shape index (κ3) is 5.99. The van der Waals surface area contributed by atoms with Crippen LogP contribution < -0.4 is 10.6 Å². The minimum atomic E-state index is -2.97. The van der Waals surface area contributed by atoms with Crippen LogP contribution in [0.3, 0.4) is 0 Å². The Bertz CT molecular complexity index is 342. The lowest BCUT2D eigenvalue weighted by molar-refractivity contribution is -0.121. The van der Waals surface area contributed by atoms with Gasteiger partial charge in [-0.3, -0.25) is 4.79 Å². The molecule has 0 radical (unpaired) electrons. The molecule has 0 aromatic carbocycles. The summed E-state index contributed by atoms with van der Waals surface area (Å²) in [6.45, 7) is 1.60. The van der Waals surface area contributed by atoms with Crippen LogP contribution >= 0.6 is 0 Å². The molecule has 1 aliphatic heterocycles. The second-order valence-corrected chi connectivity index (χ2v) is 6.39. The average molecular weight is 264 g/mol. The Balaban J connectivity index is 2.22. The van der Waals surface area contributed by atoms with Crippen LogP contribution in [-0.4, -0.2) is 58.7 Å². The fourth-order valence-corrected chi connectivity index (χ4v) is 3.18. The van der Waals surface area contributed by atoms with E-state index in [1.165, 1.54) is 0 Å². The molecule has 0 aromatic rings. The smallest absolute Gasteiger partial charge is 0.221 e. The highest BCUT2D eigenvalue weighted by molar-refractivity contribution is 7.91. The molecule has 2 N–H and O–H groups in total. The van der Waals surface area contributed by atoms with Crippen molar-refractivity contribution >= 4 is 15.7 Å². The van der Waals surface area contributed by atoms with Crippen molar-refractivity contribution in [2.45, 2.75) is 18.9 Å². The second kappa shape index (κ2) is 6.93. The first-order chi connectivity index (χ1) is 8.03. The van der Waals surface area contributed by atoms with Gasteiger partial charge >= 0.3 is 0 Å². The van der Waals surface area contributed by atoms with E-state index in [4.69, 9.17) is 4.74 Å². The molecule has 1 amide bonds. The van der Waals surface area contributed by atoms with Crippen LogP contribution in [0.25, 0.3) is 0 Å². The molecule has 1 rings (SSSR count). The highest BCUT2D eigenvalue weighted by Crippen LogP contribution is 2.04. The fraction of sp³-hybridized carbons (Fsp3) is 0.900. The Morgan fingerprint density at radius 1 is 1.53 bits per heavy atom. The van der Waals surface area contributed by atoms with E-state index in [1.807, 2.05) is 0 Å². The number of nitrogens with one attached hydrogen (secondary N) is 2. The second-order valence-electron chi connectivity index (χ2n) is 4.17. The van der Waals surface area contributed by atoms with Gasteiger partial charge < -0.3 is 15.4 Å². The molecule has 0 saturated carbocycles. The largest absolute Gasteiger partial charge is 0.385 e. The Morgan fingerprint density at radius 2 is 2.29 bits per heavy atom. The molecule has 0 aliphatic carbocycles. The SMILES string of the molecule is COCCCNC(=O)CC1CS(=O)(=O)CCN1. The standard InChI is InChI=1S/C10H20N2O4S/c1-16-5-2-3-12-10(13)7-9-8-17(14,15)6-4-11-9/h9,11H,2-8H2,1H3,(H,12,13). The number of amides is 1. The molecule has 1 aliphatic rings. The van der Waals surface area contributed by atoms with Crippen LogP contribution in [0.2, 0.25) is 0 Å². The summed E-state index contributed by atoms with van der Waals surface area (Å²) < 4.78 is 27.6. The van der Waals surface area contributed by atoms with Crippen molar-refractivity contribution in [1.29, 1.82) is 0 Å². The molecule has 1 heterocycles. The van der Waals surface area contributed by atoms with Gasteiger partial charge in [0.25, 0.3) is 0 Å². The average Bonchev–Trinajstić information content (AvgIpc) is 2.23.